The number of rotatable bonds is 21. The van der Waals surface area contributed by atoms with E-state index in [9.17, 15) is 28.1 Å². The third-order valence-electron chi connectivity index (χ3n) is 4.32. The minimum atomic E-state index is -4.33. The van der Waals surface area contributed by atoms with Crippen molar-refractivity contribution >= 4 is 27.6 Å². The van der Waals surface area contributed by atoms with E-state index in [0.29, 0.717) is 13.2 Å². The van der Waals surface area contributed by atoms with Crippen LogP contribution in [0.3, 0.4) is 0 Å². The first-order chi connectivity index (χ1) is 16.7. The van der Waals surface area contributed by atoms with E-state index in [-0.39, 0.29) is 59.2 Å². The minimum Gasteiger partial charge on any atom is -0.481 e. The fourth-order valence-corrected chi connectivity index (χ4v) is 4.21. The smallest absolute Gasteiger partial charge is 0.305 e. The topological polar surface area (TPSA) is 192 Å². The number of aliphatic carboxylic acids is 2. The first kappa shape index (κ1) is 30.3. The van der Waals surface area contributed by atoms with Crippen LogP contribution in [-0.4, -0.2) is 106 Å². The highest BCUT2D eigenvalue weighted by molar-refractivity contribution is 7.89. The summed E-state index contributed by atoms with van der Waals surface area (Å²) in [5, 5.41) is 28.6. The van der Waals surface area contributed by atoms with Gasteiger partial charge < -0.3 is 29.2 Å². The van der Waals surface area contributed by atoms with E-state index in [4.69, 9.17) is 29.2 Å². The molecular formula is C20H30N2O12S. The van der Waals surface area contributed by atoms with Gasteiger partial charge in [0.25, 0.3) is 5.69 Å². The molecule has 1 aromatic rings. The highest BCUT2D eigenvalue weighted by Gasteiger charge is 2.31. The Kier molecular flexibility index (Phi) is 14.6. The van der Waals surface area contributed by atoms with Crippen molar-refractivity contribution in [3.8, 4) is 0 Å². The molecule has 15 heteroatoms. The van der Waals surface area contributed by atoms with Gasteiger partial charge in [-0.25, -0.2) is 8.42 Å². The number of sulfonamides is 1. The molecule has 0 unspecified atom stereocenters. The highest BCUT2D eigenvalue weighted by Crippen LogP contribution is 2.26. The van der Waals surface area contributed by atoms with Crippen LogP contribution in [-0.2, 0) is 38.6 Å². The summed E-state index contributed by atoms with van der Waals surface area (Å²) in [6.45, 7) is 0.920. The average molecular weight is 523 g/mol. The summed E-state index contributed by atoms with van der Waals surface area (Å²) in [7, 11) is -4.33. The third-order valence-corrected chi connectivity index (χ3v) is 6.26. The molecule has 0 heterocycles. The van der Waals surface area contributed by atoms with E-state index in [1.54, 1.807) is 0 Å². The number of carboxylic acids is 2. The number of ether oxygens (including phenoxy) is 4. The van der Waals surface area contributed by atoms with Gasteiger partial charge in [-0.15, -0.1) is 0 Å². The first-order valence-electron chi connectivity index (χ1n) is 10.6. The van der Waals surface area contributed by atoms with Gasteiger partial charge in [0.05, 0.1) is 70.6 Å². The lowest BCUT2D eigenvalue weighted by Gasteiger charge is -2.21. The molecule has 1 aromatic carbocycles. The molecule has 0 amide bonds. The molecular weight excluding hydrogens is 492 g/mol. The Morgan fingerprint density at radius 1 is 0.800 bits per heavy atom. The van der Waals surface area contributed by atoms with Crippen molar-refractivity contribution in [2.24, 2.45) is 0 Å². The molecule has 0 bridgehead atoms. The van der Waals surface area contributed by atoms with E-state index >= 15 is 0 Å². The van der Waals surface area contributed by atoms with Crippen LogP contribution in [0, 0.1) is 10.1 Å². The molecule has 14 nitrogen and oxygen atoms in total. The summed E-state index contributed by atoms with van der Waals surface area (Å²) in [5.41, 5.74) is -0.601. The predicted molar refractivity (Wildman–Crippen MR) is 120 cm³/mol. The zero-order chi connectivity index (χ0) is 26.1. The molecule has 0 aromatic heterocycles. The number of benzene rings is 1. The third kappa shape index (κ3) is 12.5. The maximum atomic E-state index is 12.9. The molecule has 198 valence electrons. The summed E-state index contributed by atoms with van der Waals surface area (Å²) >= 11 is 0. The van der Waals surface area contributed by atoms with Crippen molar-refractivity contribution in [2.75, 3.05) is 65.9 Å². The molecule has 35 heavy (non-hydrogen) atoms. The van der Waals surface area contributed by atoms with Gasteiger partial charge in [0.15, 0.2) is 4.90 Å². The maximum Gasteiger partial charge on any atom is 0.305 e. The van der Waals surface area contributed by atoms with Gasteiger partial charge in [0.1, 0.15) is 0 Å². The number of hydrogen-bond acceptors (Lipinski definition) is 10. The number of nitro benzene ring substituents is 1. The van der Waals surface area contributed by atoms with Crippen LogP contribution >= 0.6 is 0 Å². The second-order valence-corrected chi connectivity index (χ2v) is 8.77. The quantitative estimate of drug-likeness (QED) is 0.130. The SMILES string of the molecule is O=C(O)CCOCCOCCOCCOCCN(CCC(=O)O)S(=O)(=O)c1ccccc1[N+](=O)[O-]. The zero-order valence-corrected chi connectivity index (χ0v) is 19.9. The van der Waals surface area contributed by atoms with Gasteiger partial charge in [0, 0.05) is 19.2 Å². The molecule has 1 rings (SSSR count). The Balaban J connectivity index is 2.36. The molecule has 0 saturated heterocycles. The Bertz CT molecular complexity index is 909. The fraction of sp³-hybridized carbons (Fsp3) is 0.600. The van der Waals surface area contributed by atoms with Gasteiger partial charge >= 0.3 is 11.9 Å². The summed E-state index contributed by atoms with van der Waals surface area (Å²) in [4.78, 5) is 31.1. The van der Waals surface area contributed by atoms with Crippen molar-refractivity contribution < 1.29 is 52.1 Å². The van der Waals surface area contributed by atoms with Crippen molar-refractivity contribution in [3.05, 3.63) is 34.4 Å². The molecule has 0 aliphatic rings. The molecule has 0 saturated carbocycles. The Labute approximate surface area is 202 Å². The summed E-state index contributed by atoms with van der Waals surface area (Å²) in [5.74, 6) is -2.15. The molecule has 0 atom stereocenters. The maximum absolute atomic E-state index is 12.9. The van der Waals surface area contributed by atoms with E-state index in [1.165, 1.54) is 12.1 Å². The lowest BCUT2D eigenvalue weighted by Crippen LogP contribution is -2.36. The average Bonchev–Trinajstić information content (AvgIpc) is 2.80. The minimum absolute atomic E-state index is 0.0709. The standard InChI is InChI=1S/C20H30N2O12S/c23-19(24)5-7-21(35(29,30)18-4-2-1-3-17(18)22(27)28)8-10-32-12-14-34-16-15-33-13-11-31-9-6-20(25)26/h1-4H,5-16H2,(H,23,24)(H,25,26). The van der Waals surface area contributed by atoms with Gasteiger partial charge in [-0.3, -0.25) is 19.7 Å². The molecule has 0 fully saturated rings. The molecule has 2 N–H and O–H groups in total. The van der Waals surface area contributed by atoms with Crippen LogP contribution in [0.4, 0.5) is 5.69 Å². The van der Waals surface area contributed by atoms with E-state index < -0.39 is 43.9 Å². The van der Waals surface area contributed by atoms with Gasteiger partial charge in [0.2, 0.25) is 10.0 Å². The normalized spacial score (nSPS) is 11.6. The molecule has 0 aliphatic heterocycles. The summed E-state index contributed by atoms with van der Waals surface area (Å²) < 4.78 is 47.7. The van der Waals surface area contributed by atoms with Gasteiger partial charge in [-0.05, 0) is 6.07 Å². The summed E-state index contributed by atoms with van der Waals surface area (Å²) in [6.07, 6.45) is -0.549. The van der Waals surface area contributed by atoms with Crippen LogP contribution in [0.5, 0.6) is 0 Å². The Hall–Kier alpha value is -2.69. The number of carboxylic acid groups (broad SMARTS) is 2. The number of para-hydroxylation sites is 1. The van der Waals surface area contributed by atoms with E-state index in [0.717, 1.165) is 16.4 Å². The van der Waals surface area contributed by atoms with E-state index in [1.807, 2.05) is 0 Å². The number of nitrogens with zero attached hydrogens (tertiary/aromatic N) is 2. The number of carbonyl (C=O) groups is 2. The van der Waals surface area contributed by atoms with Crippen LogP contribution in [0.2, 0.25) is 0 Å². The van der Waals surface area contributed by atoms with Crippen molar-refractivity contribution in [1.82, 2.24) is 4.31 Å². The monoisotopic (exact) mass is 522 g/mol. The number of hydrogen-bond donors (Lipinski definition) is 2. The van der Waals surface area contributed by atoms with Crippen molar-refractivity contribution in [1.29, 1.82) is 0 Å². The second-order valence-electron chi connectivity index (χ2n) is 6.87. The van der Waals surface area contributed by atoms with Gasteiger partial charge in [-0.2, -0.15) is 4.31 Å². The van der Waals surface area contributed by atoms with Crippen LogP contribution < -0.4 is 0 Å². The number of nitro groups is 1. The highest BCUT2D eigenvalue weighted by atomic mass is 32.2. The van der Waals surface area contributed by atoms with Crippen LogP contribution in [0.1, 0.15) is 12.8 Å². The molecule has 0 aliphatic carbocycles. The van der Waals surface area contributed by atoms with Crippen LogP contribution in [0.15, 0.2) is 29.2 Å². The lowest BCUT2D eigenvalue weighted by atomic mass is 10.3. The lowest BCUT2D eigenvalue weighted by molar-refractivity contribution is -0.387. The summed E-state index contributed by atoms with van der Waals surface area (Å²) in [6, 6.07) is 4.84. The van der Waals surface area contributed by atoms with Crippen LogP contribution in [0.25, 0.3) is 0 Å². The molecule has 0 radical (unpaired) electrons. The predicted octanol–water partition coefficient (Wildman–Crippen LogP) is 0.601. The van der Waals surface area contributed by atoms with E-state index in [2.05, 4.69) is 0 Å². The zero-order valence-electron chi connectivity index (χ0n) is 19.1. The Morgan fingerprint density at radius 3 is 1.80 bits per heavy atom. The largest absolute Gasteiger partial charge is 0.481 e. The fourth-order valence-electron chi connectivity index (χ4n) is 2.63. The van der Waals surface area contributed by atoms with Crippen molar-refractivity contribution in [2.45, 2.75) is 17.7 Å². The molecule has 0 spiro atoms. The van der Waals surface area contributed by atoms with Gasteiger partial charge in [-0.1, -0.05) is 12.1 Å². The Morgan fingerprint density at radius 2 is 1.29 bits per heavy atom. The first-order valence-corrected chi connectivity index (χ1v) is 12.1. The van der Waals surface area contributed by atoms with Crippen molar-refractivity contribution in [3.63, 3.8) is 0 Å². The second kappa shape index (κ2) is 16.9.